The molecule has 0 aliphatic rings. The lowest BCUT2D eigenvalue weighted by Crippen LogP contribution is -2.00. The van der Waals surface area contributed by atoms with Crippen molar-refractivity contribution in [3.8, 4) is 0 Å². The van der Waals surface area contributed by atoms with Gasteiger partial charge < -0.3 is 14.4 Å². The zero-order valence-electron chi connectivity index (χ0n) is 14.7. The first kappa shape index (κ1) is 16.5. The molecule has 2 N–H and O–H groups in total. The van der Waals surface area contributed by atoms with Crippen LogP contribution in [-0.4, -0.2) is 24.9 Å². The molecule has 2 unspecified atom stereocenters. The highest BCUT2D eigenvalue weighted by Gasteiger charge is 2.17. The Morgan fingerprint density at radius 1 is 1.00 bits per heavy atom. The van der Waals surface area contributed by atoms with Gasteiger partial charge in [0.25, 0.3) is 0 Å². The highest BCUT2D eigenvalue weighted by atomic mass is 16.4. The lowest BCUT2D eigenvalue weighted by Gasteiger charge is -2.07. The fourth-order valence-electron chi connectivity index (χ4n) is 2.78. The van der Waals surface area contributed by atoms with E-state index < -0.39 is 0 Å². The Morgan fingerprint density at radius 3 is 2.50 bits per heavy atom. The van der Waals surface area contributed by atoms with Crippen LogP contribution in [0.25, 0.3) is 0 Å². The van der Waals surface area contributed by atoms with E-state index in [1.807, 2.05) is 18.6 Å². The van der Waals surface area contributed by atoms with Gasteiger partial charge in [-0.25, -0.2) is 15.0 Å². The fourth-order valence-corrected chi connectivity index (χ4v) is 2.78. The van der Waals surface area contributed by atoms with Gasteiger partial charge in [-0.2, -0.15) is 0 Å². The Morgan fingerprint density at radius 2 is 1.83 bits per heavy atom. The van der Waals surface area contributed by atoms with E-state index in [0.29, 0.717) is 11.8 Å². The van der Waals surface area contributed by atoms with Crippen molar-refractivity contribution in [2.24, 2.45) is 0 Å². The van der Waals surface area contributed by atoms with Crippen LogP contribution < -0.4 is 0 Å². The van der Waals surface area contributed by atoms with E-state index in [1.165, 1.54) is 0 Å². The Hall–Kier alpha value is -2.37. The van der Waals surface area contributed by atoms with Crippen LogP contribution in [0.4, 0.5) is 0 Å². The second-order valence-corrected chi connectivity index (χ2v) is 6.82. The number of hydrogen-bond donors (Lipinski definition) is 2. The van der Waals surface area contributed by atoms with Crippen molar-refractivity contribution < 1.29 is 4.42 Å². The first-order chi connectivity index (χ1) is 11.5. The zero-order chi connectivity index (χ0) is 17.1. The monoisotopic (exact) mass is 327 g/mol. The first-order valence-corrected chi connectivity index (χ1v) is 8.50. The van der Waals surface area contributed by atoms with Gasteiger partial charge in [0.2, 0.25) is 0 Å². The number of aromatic amines is 2. The maximum Gasteiger partial charge on any atom is 0.197 e. The molecule has 2 atom stereocenters. The van der Waals surface area contributed by atoms with Crippen LogP contribution in [0.2, 0.25) is 0 Å². The number of nitrogens with zero attached hydrogens (tertiary/aromatic N) is 3. The molecule has 0 spiro atoms. The minimum Gasteiger partial charge on any atom is -0.445 e. The third-order valence-electron chi connectivity index (χ3n) is 4.25. The standard InChI is InChI=1S/C18H25N5O/c1-11(2)17-20-7-14(23-17)5-13(4)18-21-8-15(24-18)6-12(3)16-9-19-10-22-16/h7-13H,5-6H2,1-4H3,(H,19,22)(H,20,23). The molecule has 0 fully saturated rings. The summed E-state index contributed by atoms with van der Waals surface area (Å²) >= 11 is 0. The minimum atomic E-state index is 0.208. The van der Waals surface area contributed by atoms with Gasteiger partial charge in [-0.15, -0.1) is 0 Å². The molecule has 0 aliphatic heterocycles. The van der Waals surface area contributed by atoms with Crippen LogP contribution >= 0.6 is 0 Å². The normalized spacial score (nSPS) is 14.2. The number of aromatic nitrogens is 5. The summed E-state index contributed by atoms with van der Waals surface area (Å²) in [6.07, 6.45) is 9.02. The maximum atomic E-state index is 5.96. The quantitative estimate of drug-likeness (QED) is 0.688. The molecular formula is C18H25N5O. The molecule has 0 aliphatic carbocycles. The molecule has 3 rings (SSSR count). The summed E-state index contributed by atoms with van der Waals surface area (Å²) in [5.41, 5.74) is 2.16. The summed E-state index contributed by atoms with van der Waals surface area (Å²) in [5.74, 6) is 3.62. The largest absolute Gasteiger partial charge is 0.445 e. The predicted molar refractivity (Wildman–Crippen MR) is 92.0 cm³/mol. The number of rotatable bonds is 7. The molecule has 0 radical (unpaired) electrons. The zero-order valence-corrected chi connectivity index (χ0v) is 14.7. The maximum absolute atomic E-state index is 5.96. The minimum absolute atomic E-state index is 0.208. The fraction of sp³-hybridized carbons (Fsp3) is 0.500. The molecule has 6 nitrogen and oxygen atoms in total. The average Bonchev–Trinajstić information content (AvgIpc) is 3.28. The second kappa shape index (κ2) is 7.03. The summed E-state index contributed by atoms with van der Waals surface area (Å²) in [7, 11) is 0. The highest BCUT2D eigenvalue weighted by molar-refractivity contribution is 5.10. The SMILES string of the molecule is CC(C)c1ncc(CC(C)c2ncc(CC(C)c3c[nH]cn3)o2)[nH]1. The second-order valence-electron chi connectivity index (χ2n) is 6.82. The van der Waals surface area contributed by atoms with E-state index in [-0.39, 0.29) is 5.92 Å². The summed E-state index contributed by atoms with van der Waals surface area (Å²) < 4.78 is 5.96. The molecule has 128 valence electrons. The molecule has 0 aromatic carbocycles. The van der Waals surface area contributed by atoms with Gasteiger partial charge >= 0.3 is 0 Å². The van der Waals surface area contributed by atoms with Gasteiger partial charge in [-0.3, -0.25) is 0 Å². The van der Waals surface area contributed by atoms with E-state index in [9.17, 15) is 0 Å². The van der Waals surface area contributed by atoms with Gasteiger partial charge in [0.1, 0.15) is 11.6 Å². The topological polar surface area (TPSA) is 83.4 Å². The molecule has 3 aromatic rings. The van der Waals surface area contributed by atoms with Gasteiger partial charge in [0.05, 0.1) is 18.2 Å². The van der Waals surface area contributed by atoms with Crippen molar-refractivity contribution in [1.82, 2.24) is 24.9 Å². The van der Waals surface area contributed by atoms with Crippen LogP contribution in [0.5, 0.6) is 0 Å². The Kier molecular flexibility index (Phi) is 4.83. The molecule has 0 bridgehead atoms. The lowest BCUT2D eigenvalue weighted by molar-refractivity contribution is 0.416. The molecule has 0 saturated heterocycles. The number of H-pyrrole nitrogens is 2. The van der Waals surface area contributed by atoms with E-state index >= 15 is 0 Å². The van der Waals surface area contributed by atoms with E-state index in [4.69, 9.17) is 4.42 Å². The molecule has 3 aromatic heterocycles. The van der Waals surface area contributed by atoms with Crippen molar-refractivity contribution in [3.05, 3.63) is 53.8 Å². The van der Waals surface area contributed by atoms with Gasteiger partial charge in [0.15, 0.2) is 5.89 Å². The van der Waals surface area contributed by atoms with Crippen molar-refractivity contribution in [2.45, 2.75) is 58.3 Å². The molecule has 3 heterocycles. The smallest absolute Gasteiger partial charge is 0.197 e. The molecule has 6 heteroatoms. The lowest BCUT2D eigenvalue weighted by atomic mass is 10.0. The Balaban J connectivity index is 1.61. The van der Waals surface area contributed by atoms with Crippen molar-refractivity contribution in [3.63, 3.8) is 0 Å². The van der Waals surface area contributed by atoms with E-state index in [2.05, 4.69) is 52.6 Å². The Bertz CT molecular complexity index is 756. The number of imidazole rings is 2. The first-order valence-electron chi connectivity index (χ1n) is 8.50. The van der Waals surface area contributed by atoms with Crippen LogP contribution in [0.15, 0.2) is 29.3 Å². The number of nitrogens with one attached hydrogen (secondary N) is 2. The van der Waals surface area contributed by atoms with Crippen molar-refractivity contribution in [2.75, 3.05) is 0 Å². The van der Waals surface area contributed by atoms with E-state index in [1.54, 1.807) is 6.33 Å². The van der Waals surface area contributed by atoms with Crippen LogP contribution in [0.1, 0.15) is 74.3 Å². The molecule has 24 heavy (non-hydrogen) atoms. The number of hydrogen-bond acceptors (Lipinski definition) is 4. The third kappa shape index (κ3) is 3.75. The summed E-state index contributed by atoms with van der Waals surface area (Å²) in [6.45, 7) is 8.53. The van der Waals surface area contributed by atoms with Crippen LogP contribution in [-0.2, 0) is 12.8 Å². The van der Waals surface area contributed by atoms with Crippen LogP contribution in [0.3, 0.4) is 0 Å². The third-order valence-corrected chi connectivity index (χ3v) is 4.25. The van der Waals surface area contributed by atoms with Crippen molar-refractivity contribution >= 4 is 0 Å². The summed E-state index contributed by atoms with van der Waals surface area (Å²) in [5, 5.41) is 0. The summed E-state index contributed by atoms with van der Waals surface area (Å²) in [4.78, 5) is 19.5. The molecule has 0 saturated carbocycles. The predicted octanol–water partition coefficient (Wildman–Crippen LogP) is 3.94. The van der Waals surface area contributed by atoms with E-state index in [0.717, 1.165) is 41.7 Å². The van der Waals surface area contributed by atoms with Crippen molar-refractivity contribution in [1.29, 1.82) is 0 Å². The van der Waals surface area contributed by atoms with Crippen LogP contribution in [0, 0.1) is 0 Å². The van der Waals surface area contributed by atoms with Gasteiger partial charge in [0, 0.05) is 48.7 Å². The summed E-state index contributed by atoms with van der Waals surface area (Å²) in [6, 6.07) is 0. The molecule has 0 amide bonds. The number of oxazole rings is 1. The average molecular weight is 327 g/mol. The highest BCUT2D eigenvalue weighted by Crippen LogP contribution is 2.23. The van der Waals surface area contributed by atoms with Gasteiger partial charge in [-0.05, 0) is 0 Å². The Labute approximate surface area is 142 Å². The van der Waals surface area contributed by atoms with Gasteiger partial charge in [-0.1, -0.05) is 27.7 Å². The molecular weight excluding hydrogens is 302 g/mol.